The minimum atomic E-state index is -3.63. The van der Waals surface area contributed by atoms with Gasteiger partial charge < -0.3 is 0 Å². The van der Waals surface area contributed by atoms with Gasteiger partial charge in [0.1, 0.15) is 11.3 Å². The fourth-order valence-electron chi connectivity index (χ4n) is 1.65. The Bertz CT molecular complexity index is 874. The van der Waals surface area contributed by atoms with E-state index in [1.807, 2.05) is 6.92 Å². The molecule has 0 aliphatic carbocycles. The van der Waals surface area contributed by atoms with Crippen molar-refractivity contribution < 1.29 is 8.42 Å². The molecule has 2 aromatic heterocycles. The third kappa shape index (κ3) is 2.91. The number of halogens is 1. The van der Waals surface area contributed by atoms with Crippen LogP contribution < -0.4 is 4.72 Å². The third-order valence-electron chi connectivity index (χ3n) is 2.80. The molecule has 0 unspecified atom stereocenters. The Morgan fingerprint density at radius 3 is 2.95 bits per heavy atom. The van der Waals surface area contributed by atoms with E-state index in [1.165, 1.54) is 34.3 Å². The highest BCUT2D eigenvalue weighted by atomic mass is 35.5. The smallest absolute Gasteiger partial charge is 0.207 e. The second-order valence-electron chi connectivity index (χ2n) is 4.29. The van der Waals surface area contributed by atoms with Gasteiger partial charge in [0, 0.05) is 5.02 Å². The normalized spacial score (nSPS) is 12.1. The van der Waals surface area contributed by atoms with E-state index in [0.717, 1.165) is 5.56 Å². The third-order valence-corrected chi connectivity index (χ3v) is 5.51. The van der Waals surface area contributed by atoms with Crippen LogP contribution in [0.15, 0.2) is 29.4 Å². The van der Waals surface area contributed by atoms with Gasteiger partial charge in [0.15, 0.2) is 0 Å². The highest BCUT2D eigenvalue weighted by Gasteiger charge is 2.16. The molecule has 3 aromatic rings. The summed E-state index contributed by atoms with van der Waals surface area (Å²) in [4.78, 5) is 0.740. The fourth-order valence-corrected chi connectivity index (χ4v) is 3.76. The van der Waals surface area contributed by atoms with Crippen molar-refractivity contribution in [2.45, 2.75) is 18.4 Å². The number of fused-ring (bicyclic) bond motifs is 1. The number of hydrogen-bond acceptors (Lipinski definition) is 6. The predicted molar refractivity (Wildman–Crippen MR) is 78.9 cm³/mol. The molecular weight excluding hydrogens is 334 g/mol. The summed E-state index contributed by atoms with van der Waals surface area (Å²) in [5, 5.41) is 12.7. The van der Waals surface area contributed by atoms with Gasteiger partial charge in [-0.3, -0.25) is 0 Å². The van der Waals surface area contributed by atoms with Crippen LogP contribution in [0.1, 0.15) is 10.6 Å². The highest BCUT2D eigenvalue weighted by Crippen LogP contribution is 2.20. The maximum absolute atomic E-state index is 12.2. The summed E-state index contributed by atoms with van der Waals surface area (Å²) < 4.78 is 28.4. The van der Waals surface area contributed by atoms with E-state index in [4.69, 9.17) is 11.6 Å². The van der Waals surface area contributed by atoms with Crippen LogP contribution in [0.3, 0.4) is 0 Å². The van der Waals surface area contributed by atoms with Crippen molar-refractivity contribution in [1.29, 1.82) is 0 Å². The van der Waals surface area contributed by atoms with Crippen molar-refractivity contribution in [3.05, 3.63) is 40.1 Å². The first-order valence-corrected chi connectivity index (χ1v) is 8.55. The van der Waals surface area contributed by atoms with Crippen molar-refractivity contribution in [2.24, 2.45) is 0 Å². The van der Waals surface area contributed by atoms with Crippen LogP contribution in [0.5, 0.6) is 0 Å². The number of sulfonamides is 1. The summed E-state index contributed by atoms with van der Waals surface area (Å²) in [5.41, 5.74) is 0.823. The molecule has 0 atom stereocenters. The number of aryl methyl sites for hydroxylation is 1. The van der Waals surface area contributed by atoms with Crippen LogP contribution in [0, 0.1) is 6.92 Å². The van der Waals surface area contributed by atoms with Gasteiger partial charge in [0.25, 0.3) is 0 Å². The molecule has 0 aliphatic heterocycles. The van der Waals surface area contributed by atoms with E-state index < -0.39 is 10.0 Å². The first kappa shape index (κ1) is 14.4. The Hall–Kier alpha value is -1.55. The quantitative estimate of drug-likeness (QED) is 0.777. The summed E-state index contributed by atoms with van der Waals surface area (Å²) >= 11 is 7.23. The molecule has 0 saturated heterocycles. The lowest BCUT2D eigenvalue weighted by Gasteiger charge is -2.06. The van der Waals surface area contributed by atoms with Gasteiger partial charge in [-0.25, -0.2) is 13.1 Å². The molecule has 0 saturated carbocycles. The molecular formula is C11H10ClN5O2S2. The number of nitrogens with one attached hydrogen (secondary N) is 1. The molecule has 7 nitrogen and oxygen atoms in total. The largest absolute Gasteiger partial charge is 0.241 e. The first-order chi connectivity index (χ1) is 9.95. The highest BCUT2D eigenvalue weighted by molar-refractivity contribution is 7.89. The zero-order valence-corrected chi connectivity index (χ0v) is 13.2. The molecule has 3 rings (SSSR count). The minimum absolute atomic E-state index is 0.0852. The Balaban J connectivity index is 1.79. The van der Waals surface area contributed by atoms with Crippen LogP contribution in [0.4, 0.5) is 0 Å². The van der Waals surface area contributed by atoms with Gasteiger partial charge in [0.05, 0.1) is 11.4 Å². The van der Waals surface area contributed by atoms with Crippen LogP contribution in [0.2, 0.25) is 5.02 Å². The molecule has 0 spiro atoms. The molecule has 0 bridgehead atoms. The zero-order valence-electron chi connectivity index (χ0n) is 10.8. The van der Waals surface area contributed by atoms with E-state index in [1.54, 1.807) is 6.07 Å². The molecule has 0 fully saturated rings. The molecule has 110 valence electrons. The van der Waals surface area contributed by atoms with Gasteiger partial charge in [-0.1, -0.05) is 29.0 Å². The van der Waals surface area contributed by atoms with Crippen LogP contribution in [0.25, 0.3) is 4.96 Å². The lowest BCUT2D eigenvalue weighted by atomic mass is 10.2. The average Bonchev–Trinajstić information content (AvgIpc) is 3.00. The summed E-state index contributed by atoms with van der Waals surface area (Å²) in [6.45, 7) is 1.90. The standard InChI is InChI=1S/C11H10ClN5O2S2/c1-7-2-3-8(4-9(7)12)21(18,19)14-5-10-16-17-6-13-15-11(17)20-10/h2-4,6,14H,5H2,1H3. The molecule has 1 aromatic carbocycles. The van der Waals surface area contributed by atoms with Crippen molar-refractivity contribution in [2.75, 3.05) is 0 Å². The average molecular weight is 344 g/mol. The summed E-state index contributed by atoms with van der Waals surface area (Å²) in [5.74, 6) is 0. The number of hydrogen-bond donors (Lipinski definition) is 1. The molecule has 0 amide bonds. The van der Waals surface area contributed by atoms with Crippen molar-refractivity contribution >= 4 is 37.9 Å². The summed E-state index contributed by atoms with van der Waals surface area (Å²) in [7, 11) is -3.63. The summed E-state index contributed by atoms with van der Waals surface area (Å²) in [6.07, 6.45) is 1.46. The van der Waals surface area contributed by atoms with Gasteiger partial charge in [-0.2, -0.15) is 9.61 Å². The maximum Gasteiger partial charge on any atom is 0.241 e. The Labute approximate surface area is 129 Å². The SMILES string of the molecule is Cc1ccc(S(=O)(=O)NCc2nn3cnnc3s2)cc1Cl. The number of aromatic nitrogens is 4. The van der Waals surface area contributed by atoms with E-state index in [0.29, 0.717) is 15.0 Å². The Kier molecular flexibility index (Phi) is 3.66. The van der Waals surface area contributed by atoms with Crippen molar-refractivity contribution in [3.63, 3.8) is 0 Å². The Morgan fingerprint density at radius 1 is 1.43 bits per heavy atom. The van der Waals surface area contributed by atoms with Gasteiger partial charge in [-0.15, -0.1) is 10.2 Å². The van der Waals surface area contributed by atoms with E-state index in [9.17, 15) is 8.42 Å². The van der Waals surface area contributed by atoms with E-state index in [2.05, 4.69) is 20.0 Å². The molecule has 10 heteroatoms. The molecule has 2 heterocycles. The van der Waals surface area contributed by atoms with Crippen molar-refractivity contribution in [3.8, 4) is 0 Å². The minimum Gasteiger partial charge on any atom is -0.207 e. The second-order valence-corrected chi connectivity index (χ2v) is 7.50. The summed E-state index contributed by atoms with van der Waals surface area (Å²) in [6, 6.07) is 4.61. The van der Waals surface area contributed by atoms with Crippen molar-refractivity contribution in [1.82, 2.24) is 24.5 Å². The topological polar surface area (TPSA) is 89.2 Å². The van der Waals surface area contributed by atoms with E-state index in [-0.39, 0.29) is 11.4 Å². The van der Waals surface area contributed by atoms with Gasteiger partial charge in [-0.05, 0) is 24.6 Å². The van der Waals surface area contributed by atoms with Gasteiger partial charge >= 0.3 is 0 Å². The van der Waals surface area contributed by atoms with Crippen LogP contribution in [-0.4, -0.2) is 28.2 Å². The first-order valence-electron chi connectivity index (χ1n) is 5.87. The predicted octanol–water partition coefficient (Wildman–Crippen LogP) is 1.63. The van der Waals surface area contributed by atoms with Crippen LogP contribution >= 0.6 is 22.9 Å². The fraction of sp³-hybridized carbons (Fsp3) is 0.182. The lowest BCUT2D eigenvalue weighted by molar-refractivity contribution is 0.580. The molecule has 0 aliphatic rings. The molecule has 0 radical (unpaired) electrons. The second kappa shape index (κ2) is 5.34. The number of rotatable bonds is 4. The zero-order chi connectivity index (χ0) is 15.0. The maximum atomic E-state index is 12.2. The lowest BCUT2D eigenvalue weighted by Crippen LogP contribution is -2.23. The molecule has 21 heavy (non-hydrogen) atoms. The molecule has 1 N–H and O–H groups in total. The monoisotopic (exact) mass is 343 g/mol. The number of nitrogens with zero attached hydrogens (tertiary/aromatic N) is 4. The van der Waals surface area contributed by atoms with E-state index >= 15 is 0 Å². The Morgan fingerprint density at radius 2 is 2.24 bits per heavy atom. The number of benzene rings is 1. The van der Waals surface area contributed by atoms with Gasteiger partial charge in [0.2, 0.25) is 15.0 Å². The van der Waals surface area contributed by atoms with Crippen LogP contribution in [-0.2, 0) is 16.6 Å².